The van der Waals surface area contributed by atoms with Crippen molar-refractivity contribution in [2.75, 3.05) is 13.2 Å². The van der Waals surface area contributed by atoms with Gasteiger partial charge in [-0.1, -0.05) is 11.6 Å². The number of hydrogen-bond donors (Lipinski definition) is 2. The summed E-state index contributed by atoms with van der Waals surface area (Å²) in [4.78, 5) is 0. The predicted octanol–water partition coefficient (Wildman–Crippen LogP) is 1.90. The topological polar surface area (TPSA) is 58.9 Å². The van der Waals surface area contributed by atoms with Crippen LogP contribution in [0.25, 0.3) is 0 Å². The number of alkyl halides is 2. The van der Waals surface area contributed by atoms with Crippen molar-refractivity contribution in [3.63, 3.8) is 0 Å². The van der Waals surface area contributed by atoms with Crippen molar-refractivity contribution < 1.29 is 28.5 Å². The molecule has 1 aliphatic rings. The van der Waals surface area contributed by atoms with Gasteiger partial charge in [0.25, 0.3) is 0 Å². The summed E-state index contributed by atoms with van der Waals surface area (Å²) in [6.45, 7) is -3.50. The van der Waals surface area contributed by atoms with E-state index in [1.54, 1.807) is 0 Å². The molecule has 100 valence electrons. The number of benzene rings is 1. The Hall–Kier alpha value is -1.11. The maximum absolute atomic E-state index is 12.3. The third kappa shape index (κ3) is 2.36. The molecule has 1 atom stereocenters. The first-order chi connectivity index (χ1) is 8.46. The lowest BCUT2D eigenvalue weighted by Crippen LogP contribution is -2.36. The fraction of sp³-hybridized carbons (Fsp3) is 0.455. The molecule has 1 aromatic rings. The van der Waals surface area contributed by atoms with Crippen molar-refractivity contribution in [1.82, 2.24) is 0 Å². The molecule has 1 unspecified atom stereocenters. The molecule has 1 aromatic carbocycles. The molecular weight excluding hydrogens is 270 g/mol. The van der Waals surface area contributed by atoms with Crippen molar-refractivity contribution in [2.45, 2.75) is 18.6 Å². The lowest BCUT2D eigenvalue weighted by atomic mass is 9.88. The van der Waals surface area contributed by atoms with Crippen LogP contribution < -0.4 is 9.47 Å². The second kappa shape index (κ2) is 4.87. The van der Waals surface area contributed by atoms with E-state index in [0.29, 0.717) is 0 Å². The van der Waals surface area contributed by atoms with Gasteiger partial charge in [0.1, 0.15) is 5.60 Å². The van der Waals surface area contributed by atoms with E-state index in [0.717, 1.165) is 0 Å². The van der Waals surface area contributed by atoms with Gasteiger partial charge in [-0.2, -0.15) is 8.78 Å². The summed E-state index contributed by atoms with van der Waals surface area (Å²) in [6.07, 6.45) is 0.144. The minimum absolute atomic E-state index is 0.0116. The quantitative estimate of drug-likeness (QED) is 0.888. The molecule has 0 saturated heterocycles. The average Bonchev–Trinajstić information content (AvgIpc) is 2.30. The summed E-state index contributed by atoms with van der Waals surface area (Å²) >= 11 is 5.78. The van der Waals surface area contributed by atoms with Gasteiger partial charge in [-0.3, -0.25) is 0 Å². The molecule has 0 aromatic heterocycles. The zero-order valence-corrected chi connectivity index (χ0v) is 9.95. The number of fused-ring (bicyclic) bond motifs is 1. The van der Waals surface area contributed by atoms with Crippen molar-refractivity contribution in [3.05, 3.63) is 22.7 Å². The smallest absolute Gasteiger partial charge is 0.387 e. The van der Waals surface area contributed by atoms with Crippen LogP contribution in [-0.2, 0) is 5.60 Å². The second-order valence-corrected chi connectivity index (χ2v) is 4.38. The number of aliphatic hydroxyl groups excluding tert-OH is 1. The summed E-state index contributed by atoms with van der Waals surface area (Å²) < 4.78 is 34.0. The third-order valence-corrected chi connectivity index (χ3v) is 2.98. The first-order valence-corrected chi connectivity index (χ1v) is 5.59. The Morgan fingerprint density at radius 3 is 2.83 bits per heavy atom. The molecule has 0 bridgehead atoms. The van der Waals surface area contributed by atoms with Crippen LogP contribution in [0.3, 0.4) is 0 Å². The van der Waals surface area contributed by atoms with Crippen molar-refractivity contribution >= 4 is 11.6 Å². The van der Waals surface area contributed by atoms with Crippen LogP contribution >= 0.6 is 11.6 Å². The van der Waals surface area contributed by atoms with Gasteiger partial charge in [0.2, 0.25) is 0 Å². The summed E-state index contributed by atoms with van der Waals surface area (Å²) in [7, 11) is 0. The fourth-order valence-electron chi connectivity index (χ4n) is 1.87. The zero-order valence-electron chi connectivity index (χ0n) is 9.20. The van der Waals surface area contributed by atoms with Gasteiger partial charge in [-0.25, -0.2) is 0 Å². The fourth-order valence-corrected chi connectivity index (χ4v) is 2.08. The minimum atomic E-state index is -3.03. The molecule has 0 spiro atoms. The highest BCUT2D eigenvalue weighted by Crippen LogP contribution is 2.44. The Kier molecular flexibility index (Phi) is 3.61. The third-order valence-electron chi connectivity index (χ3n) is 2.76. The monoisotopic (exact) mass is 280 g/mol. The Balaban J connectivity index is 2.52. The first kappa shape index (κ1) is 13.3. The van der Waals surface area contributed by atoms with E-state index in [-0.39, 0.29) is 35.1 Å². The maximum atomic E-state index is 12.3. The average molecular weight is 281 g/mol. The number of rotatable bonds is 3. The van der Waals surface area contributed by atoms with Gasteiger partial charge < -0.3 is 19.7 Å². The number of hydrogen-bond acceptors (Lipinski definition) is 4. The van der Waals surface area contributed by atoms with E-state index < -0.39 is 18.8 Å². The van der Waals surface area contributed by atoms with Crippen molar-refractivity contribution in [2.24, 2.45) is 0 Å². The Morgan fingerprint density at radius 1 is 1.50 bits per heavy atom. The number of halogens is 3. The zero-order chi connectivity index (χ0) is 13.3. The van der Waals surface area contributed by atoms with Gasteiger partial charge in [0, 0.05) is 23.1 Å². The lowest BCUT2D eigenvalue weighted by Gasteiger charge is -2.33. The van der Waals surface area contributed by atoms with Gasteiger partial charge in [-0.05, 0) is 6.07 Å². The molecule has 7 heteroatoms. The van der Waals surface area contributed by atoms with Crippen LogP contribution in [0.15, 0.2) is 12.1 Å². The molecule has 0 fully saturated rings. The lowest BCUT2D eigenvalue weighted by molar-refractivity contribution is -0.0617. The minimum Gasteiger partial charge on any atom is -0.489 e. The van der Waals surface area contributed by atoms with Gasteiger partial charge >= 0.3 is 6.61 Å². The van der Waals surface area contributed by atoms with Crippen LogP contribution in [0, 0.1) is 0 Å². The Bertz CT molecular complexity index is 455. The van der Waals surface area contributed by atoms with Crippen LogP contribution in [-0.4, -0.2) is 30.0 Å². The Labute approximate surface area is 107 Å². The molecule has 0 amide bonds. The molecule has 0 radical (unpaired) electrons. The van der Waals surface area contributed by atoms with Crippen molar-refractivity contribution in [3.8, 4) is 11.5 Å². The maximum Gasteiger partial charge on any atom is 0.387 e. The molecule has 0 saturated carbocycles. The molecule has 1 aliphatic heterocycles. The van der Waals surface area contributed by atoms with E-state index >= 15 is 0 Å². The van der Waals surface area contributed by atoms with Gasteiger partial charge in [-0.15, -0.1) is 0 Å². The van der Waals surface area contributed by atoms with Gasteiger partial charge in [0.15, 0.2) is 11.5 Å². The predicted molar refractivity (Wildman–Crippen MR) is 59.2 cm³/mol. The molecule has 0 aliphatic carbocycles. The van der Waals surface area contributed by atoms with E-state index in [9.17, 15) is 19.0 Å². The number of ether oxygens (including phenoxy) is 2. The summed E-state index contributed by atoms with van der Waals surface area (Å²) in [5.41, 5.74) is -1.40. The van der Waals surface area contributed by atoms with Crippen LogP contribution in [0.2, 0.25) is 5.02 Å². The van der Waals surface area contributed by atoms with Crippen LogP contribution in [0.5, 0.6) is 11.5 Å². The largest absolute Gasteiger partial charge is 0.489 e. The molecule has 4 nitrogen and oxygen atoms in total. The molecular formula is C11H11ClF2O4. The van der Waals surface area contributed by atoms with Crippen molar-refractivity contribution in [1.29, 1.82) is 0 Å². The van der Waals surface area contributed by atoms with E-state index in [2.05, 4.69) is 4.74 Å². The number of aliphatic hydroxyl groups is 2. The highest BCUT2D eigenvalue weighted by molar-refractivity contribution is 6.30. The SMILES string of the molecule is OCC1(O)CCOc2c(OC(F)F)cc(Cl)cc21. The first-order valence-electron chi connectivity index (χ1n) is 5.21. The molecule has 18 heavy (non-hydrogen) atoms. The Morgan fingerprint density at radius 2 is 2.22 bits per heavy atom. The van der Waals surface area contributed by atoms with Crippen LogP contribution in [0.1, 0.15) is 12.0 Å². The van der Waals surface area contributed by atoms with E-state index in [4.69, 9.17) is 16.3 Å². The van der Waals surface area contributed by atoms with Gasteiger partial charge in [0.05, 0.1) is 13.2 Å². The highest BCUT2D eigenvalue weighted by atomic mass is 35.5. The molecule has 2 rings (SSSR count). The van der Waals surface area contributed by atoms with E-state index in [1.807, 2.05) is 0 Å². The summed E-state index contributed by atoms with van der Waals surface area (Å²) in [5, 5.41) is 19.5. The summed E-state index contributed by atoms with van der Waals surface area (Å²) in [6, 6.07) is 2.54. The second-order valence-electron chi connectivity index (χ2n) is 3.95. The summed E-state index contributed by atoms with van der Waals surface area (Å²) in [5.74, 6) is -0.262. The van der Waals surface area contributed by atoms with Crippen LogP contribution in [0.4, 0.5) is 8.78 Å². The standard InChI is InChI=1S/C11H11ClF2O4/c12-6-3-7-9(8(4-6)18-10(13)14)17-2-1-11(7,16)5-15/h3-4,10,15-16H,1-2,5H2. The van der Waals surface area contributed by atoms with E-state index in [1.165, 1.54) is 12.1 Å². The molecule has 2 N–H and O–H groups in total. The molecule has 1 heterocycles. The highest BCUT2D eigenvalue weighted by Gasteiger charge is 2.37. The normalized spacial score (nSPS) is 22.6.